The van der Waals surface area contributed by atoms with Crippen LogP contribution in [0, 0.1) is 5.82 Å². The smallest absolute Gasteiger partial charge is 0.407 e. The fourth-order valence-corrected chi connectivity index (χ4v) is 4.09. The van der Waals surface area contributed by atoms with Gasteiger partial charge in [0.15, 0.2) is 11.6 Å². The third kappa shape index (κ3) is 5.51. The molecule has 2 saturated heterocycles. The van der Waals surface area contributed by atoms with E-state index in [4.69, 9.17) is 16.3 Å². The summed E-state index contributed by atoms with van der Waals surface area (Å²) in [4.78, 5) is 43.5. The van der Waals surface area contributed by atoms with Gasteiger partial charge in [-0.15, -0.1) is 0 Å². The molecule has 0 saturated carbocycles. The monoisotopic (exact) mass is 479 g/mol. The minimum Gasteiger partial charge on any atom is -0.444 e. The van der Waals surface area contributed by atoms with Crippen LogP contribution in [0.5, 0.6) is 0 Å². The summed E-state index contributed by atoms with van der Waals surface area (Å²) in [6.07, 6.45) is 3.66. The number of nitrogens with zero attached hydrogens (tertiary/aromatic N) is 4. The number of H-pyrrole nitrogens is 1. The molecular weight excluding hydrogens is 457 g/mol. The second-order valence-electron chi connectivity index (χ2n) is 7.83. The Morgan fingerprint density at radius 1 is 1.24 bits per heavy atom. The Morgan fingerprint density at radius 3 is 2.79 bits per heavy atom. The van der Waals surface area contributed by atoms with Crippen LogP contribution in [0.15, 0.2) is 29.3 Å². The van der Waals surface area contributed by atoms with Crippen molar-refractivity contribution >= 4 is 35.2 Å². The number of halogens is 2. The molecule has 0 aromatic carbocycles. The Hall–Kier alpha value is -3.41. The Morgan fingerprint density at radius 2 is 2.03 bits per heavy atom. The molecule has 2 aliphatic heterocycles. The highest BCUT2D eigenvalue weighted by Crippen LogP contribution is 2.26. The van der Waals surface area contributed by atoms with Crippen molar-refractivity contribution in [3.05, 3.63) is 45.7 Å². The molecule has 2 aliphatic rings. The van der Waals surface area contributed by atoms with Gasteiger partial charge in [-0.3, -0.25) is 10.1 Å². The van der Waals surface area contributed by atoms with Gasteiger partial charge >= 0.3 is 12.1 Å². The summed E-state index contributed by atoms with van der Waals surface area (Å²) in [6.45, 7) is 1.78. The normalized spacial score (nSPS) is 18.8. The molecule has 33 heavy (non-hydrogen) atoms. The van der Waals surface area contributed by atoms with Crippen molar-refractivity contribution in [2.45, 2.75) is 31.4 Å². The summed E-state index contributed by atoms with van der Waals surface area (Å²) in [7, 11) is 0. The predicted molar refractivity (Wildman–Crippen MR) is 118 cm³/mol. The minimum absolute atomic E-state index is 0.0525. The van der Waals surface area contributed by atoms with Gasteiger partial charge in [0.05, 0.1) is 18.4 Å². The predicted octanol–water partition coefficient (Wildman–Crippen LogP) is 1.96. The van der Waals surface area contributed by atoms with Crippen LogP contribution in [0.1, 0.15) is 19.3 Å². The molecule has 3 N–H and O–H groups in total. The number of hydrogen-bond donors (Lipinski definition) is 3. The van der Waals surface area contributed by atoms with Crippen molar-refractivity contribution in [3.8, 4) is 0 Å². The fourth-order valence-electron chi connectivity index (χ4n) is 3.87. The number of rotatable bonds is 4. The number of ether oxygens (including phenoxy) is 1. The summed E-state index contributed by atoms with van der Waals surface area (Å²) < 4.78 is 19.2. The average Bonchev–Trinajstić information content (AvgIpc) is 3.25. The molecule has 2 aromatic heterocycles. The van der Waals surface area contributed by atoms with Crippen LogP contribution in [-0.4, -0.2) is 70.5 Å². The van der Waals surface area contributed by atoms with Gasteiger partial charge in [-0.25, -0.2) is 24.1 Å². The van der Waals surface area contributed by atoms with Gasteiger partial charge in [-0.1, -0.05) is 11.6 Å². The maximum Gasteiger partial charge on any atom is 0.407 e. The number of carbonyl (C=O) groups is 2. The Balaban J connectivity index is 1.20. The van der Waals surface area contributed by atoms with Crippen molar-refractivity contribution in [2.24, 2.45) is 0 Å². The van der Waals surface area contributed by atoms with Crippen molar-refractivity contribution in [1.82, 2.24) is 25.4 Å². The summed E-state index contributed by atoms with van der Waals surface area (Å²) in [5.41, 5.74) is 0.0321. The van der Waals surface area contributed by atoms with Gasteiger partial charge in [-0.2, -0.15) is 5.10 Å². The van der Waals surface area contributed by atoms with Crippen LogP contribution >= 0.6 is 11.6 Å². The van der Waals surface area contributed by atoms with E-state index in [2.05, 4.69) is 25.8 Å². The van der Waals surface area contributed by atoms with E-state index in [0.717, 1.165) is 0 Å². The summed E-state index contributed by atoms with van der Waals surface area (Å²) in [5.74, 6) is -0.720. The van der Waals surface area contributed by atoms with Gasteiger partial charge in [0.1, 0.15) is 11.1 Å². The maximum absolute atomic E-state index is 13.7. The van der Waals surface area contributed by atoms with Crippen LogP contribution < -0.4 is 21.1 Å². The Kier molecular flexibility index (Phi) is 6.92. The molecule has 1 atom stereocenters. The molecule has 0 spiro atoms. The highest BCUT2D eigenvalue weighted by Gasteiger charge is 2.30. The Labute approximate surface area is 193 Å². The number of aromatic amines is 1. The molecular formula is C20H23ClFN7O4. The number of urea groups is 1. The first-order valence-corrected chi connectivity index (χ1v) is 10.9. The summed E-state index contributed by atoms with van der Waals surface area (Å²) in [5, 5.41) is 11.4. The van der Waals surface area contributed by atoms with Gasteiger partial charge in [0.2, 0.25) is 0 Å². The number of carbonyl (C=O) groups excluding carboxylic acids is 2. The van der Waals surface area contributed by atoms with Crippen LogP contribution in [-0.2, 0) is 4.74 Å². The molecule has 4 rings (SSSR count). The second-order valence-corrected chi connectivity index (χ2v) is 8.21. The summed E-state index contributed by atoms with van der Waals surface area (Å²) in [6, 6.07) is 2.09. The van der Waals surface area contributed by atoms with Crippen LogP contribution in [0.2, 0.25) is 5.02 Å². The Bertz CT molecular complexity index is 1080. The van der Waals surface area contributed by atoms with E-state index in [-0.39, 0.29) is 23.0 Å². The molecule has 0 aliphatic carbocycles. The third-order valence-corrected chi connectivity index (χ3v) is 5.99. The zero-order chi connectivity index (χ0) is 23.4. The van der Waals surface area contributed by atoms with E-state index in [9.17, 15) is 18.8 Å². The molecule has 2 aromatic rings. The molecule has 0 radical (unpaired) electrons. The van der Waals surface area contributed by atoms with Crippen LogP contribution in [0.3, 0.4) is 0 Å². The highest BCUT2D eigenvalue weighted by atomic mass is 35.5. The van der Waals surface area contributed by atoms with Gasteiger partial charge < -0.3 is 19.9 Å². The number of alkyl carbamates (subject to hydrolysis) is 1. The molecule has 13 heteroatoms. The third-order valence-electron chi connectivity index (χ3n) is 5.62. The largest absolute Gasteiger partial charge is 0.444 e. The van der Waals surface area contributed by atoms with Crippen molar-refractivity contribution in [2.75, 3.05) is 36.4 Å². The first-order chi connectivity index (χ1) is 15.9. The number of piperidine rings is 1. The number of anilines is 2. The molecule has 3 amide bonds. The van der Waals surface area contributed by atoms with Crippen molar-refractivity contribution in [3.63, 3.8) is 0 Å². The quantitative estimate of drug-likeness (QED) is 0.610. The topological polar surface area (TPSA) is 133 Å². The van der Waals surface area contributed by atoms with Crippen LogP contribution in [0.4, 0.5) is 25.5 Å². The van der Waals surface area contributed by atoms with Crippen LogP contribution in [0.25, 0.3) is 0 Å². The van der Waals surface area contributed by atoms with Gasteiger partial charge in [-0.05, 0) is 25.0 Å². The van der Waals surface area contributed by atoms with Gasteiger partial charge in [0.25, 0.3) is 5.56 Å². The molecule has 176 valence electrons. The molecule has 2 fully saturated rings. The molecule has 0 unspecified atom stereocenters. The number of amides is 3. The molecule has 4 heterocycles. The number of pyridine rings is 1. The van der Waals surface area contributed by atoms with Crippen molar-refractivity contribution < 1.29 is 18.7 Å². The number of nitrogens with one attached hydrogen (secondary N) is 3. The lowest BCUT2D eigenvalue weighted by molar-refractivity contribution is 0.101. The number of aromatic nitrogens is 3. The van der Waals surface area contributed by atoms with E-state index in [0.29, 0.717) is 51.1 Å². The fraction of sp³-hybridized carbons (Fsp3) is 0.450. The number of hydrogen-bond acceptors (Lipinski definition) is 7. The second kappa shape index (κ2) is 10.0. The van der Waals surface area contributed by atoms with E-state index < -0.39 is 23.5 Å². The van der Waals surface area contributed by atoms with E-state index >= 15 is 0 Å². The first-order valence-electron chi connectivity index (χ1n) is 10.5. The highest BCUT2D eigenvalue weighted by molar-refractivity contribution is 6.33. The molecule has 0 bridgehead atoms. The van der Waals surface area contributed by atoms with Gasteiger partial charge in [0, 0.05) is 38.3 Å². The first kappa shape index (κ1) is 22.8. The zero-order valence-corrected chi connectivity index (χ0v) is 18.3. The lowest BCUT2D eigenvalue weighted by atomic mass is 10.1. The lowest BCUT2D eigenvalue weighted by Crippen LogP contribution is -2.48. The van der Waals surface area contributed by atoms with Crippen molar-refractivity contribution in [1.29, 1.82) is 0 Å². The standard InChI is InChI=1S/C20H23ClFN7O4/c21-16-15(10-24-27-18(16)30)29-9-5-13(11-29)33-20(32)25-12-3-7-28(8-4-12)19(31)26-17-14(22)2-1-6-23-17/h1-2,6,10,12-13H,3-5,7-9,11H2,(H,25,32)(H,27,30)(H,23,26,31)/t13-/m1/s1. The number of likely N-dealkylation sites (tertiary alicyclic amines) is 1. The van der Waals surface area contributed by atoms with E-state index in [1.54, 1.807) is 4.90 Å². The van der Waals surface area contributed by atoms with E-state index in [1.807, 2.05) is 4.90 Å². The maximum atomic E-state index is 13.7. The summed E-state index contributed by atoms with van der Waals surface area (Å²) >= 11 is 6.04. The molecule has 11 nitrogen and oxygen atoms in total. The SMILES string of the molecule is O=C(NC1CCN(C(=O)Nc2ncccc2F)CC1)O[C@@H]1CCN(c2cn[nH]c(=O)c2Cl)C1. The minimum atomic E-state index is -0.603. The lowest BCUT2D eigenvalue weighted by Gasteiger charge is -2.32. The average molecular weight is 480 g/mol. The zero-order valence-electron chi connectivity index (χ0n) is 17.6. The van der Waals surface area contributed by atoms with E-state index in [1.165, 1.54) is 24.5 Å².